The number of hydrogen-bond acceptors (Lipinski definition) is 12. The first-order valence-corrected chi connectivity index (χ1v) is 12.9. The Hall–Kier alpha value is -3.73. The van der Waals surface area contributed by atoms with Crippen LogP contribution in [0, 0.1) is 0 Å². The van der Waals surface area contributed by atoms with E-state index in [1.54, 1.807) is 24.3 Å². The minimum Gasteiger partial charge on any atom is -0.394 e. The van der Waals surface area contributed by atoms with Gasteiger partial charge in [0, 0.05) is 11.6 Å². The lowest BCUT2D eigenvalue weighted by atomic mass is 9.96. The monoisotopic (exact) mass is 571 g/mol. The molecule has 4 aromatic rings. The smallest absolute Gasteiger partial charge is 0.256 e. The Morgan fingerprint density at radius 3 is 2.70 bits per heavy atom. The summed E-state index contributed by atoms with van der Waals surface area (Å²) in [5.74, 6) is -1.06. The zero-order valence-corrected chi connectivity index (χ0v) is 21.7. The van der Waals surface area contributed by atoms with Crippen molar-refractivity contribution in [3.63, 3.8) is 0 Å². The molecule has 2 aliphatic rings. The number of nitrogens with one attached hydrogen (secondary N) is 1. The second-order valence-corrected chi connectivity index (χ2v) is 10.0. The van der Waals surface area contributed by atoms with Gasteiger partial charge in [0.2, 0.25) is 5.91 Å². The normalized spacial score (nSPS) is 25.4. The summed E-state index contributed by atoms with van der Waals surface area (Å²) in [7, 11) is 0. The minimum absolute atomic E-state index is 0.0273. The van der Waals surface area contributed by atoms with E-state index in [0.717, 1.165) is 6.42 Å². The number of nitrogens with zero attached hydrogens (tertiary/aromatic N) is 7. The van der Waals surface area contributed by atoms with Crippen LogP contribution >= 0.6 is 11.6 Å². The summed E-state index contributed by atoms with van der Waals surface area (Å²) in [6, 6.07) is 6.64. The van der Waals surface area contributed by atoms with Crippen LogP contribution in [0.25, 0.3) is 17.1 Å². The highest BCUT2D eigenvalue weighted by Gasteiger charge is 2.44. The van der Waals surface area contributed by atoms with E-state index in [4.69, 9.17) is 26.8 Å². The number of fused-ring (bicyclic) bond motifs is 1. The van der Waals surface area contributed by atoms with Gasteiger partial charge in [0.1, 0.15) is 29.9 Å². The van der Waals surface area contributed by atoms with Crippen molar-refractivity contribution in [3.05, 3.63) is 53.1 Å². The van der Waals surface area contributed by atoms with Crippen LogP contribution in [0.2, 0.25) is 5.02 Å². The number of hydrogen-bond donors (Lipinski definition) is 5. The molecular weight excluding hydrogens is 546 g/mol. The number of aliphatic hydroxyl groups is 3. The number of aromatic nitrogens is 7. The van der Waals surface area contributed by atoms with Crippen LogP contribution < -0.4 is 11.1 Å². The molecule has 3 aromatic heterocycles. The van der Waals surface area contributed by atoms with Gasteiger partial charge >= 0.3 is 0 Å². The summed E-state index contributed by atoms with van der Waals surface area (Å²) in [6.45, 7) is 0.596. The molecule has 0 saturated carbocycles. The number of rotatable bonds is 8. The Bertz CT molecular complexity index is 1520. The molecule has 0 aliphatic carbocycles. The summed E-state index contributed by atoms with van der Waals surface area (Å²) in [6.07, 6.45) is -1.04. The first-order valence-electron chi connectivity index (χ1n) is 12.5. The fourth-order valence-electron chi connectivity index (χ4n) is 4.89. The summed E-state index contributed by atoms with van der Waals surface area (Å²) in [5, 5.41) is 42.6. The first kappa shape index (κ1) is 26.5. The molecule has 16 heteroatoms. The van der Waals surface area contributed by atoms with E-state index in [2.05, 4.69) is 30.6 Å². The molecule has 40 heavy (non-hydrogen) atoms. The predicted octanol–water partition coefficient (Wildman–Crippen LogP) is -0.510. The van der Waals surface area contributed by atoms with Crippen LogP contribution in [0.3, 0.4) is 0 Å². The van der Waals surface area contributed by atoms with E-state index in [-0.39, 0.29) is 23.3 Å². The average Bonchev–Trinajstić information content (AvgIpc) is 3.74. The van der Waals surface area contributed by atoms with Gasteiger partial charge in [0.05, 0.1) is 31.8 Å². The summed E-state index contributed by atoms with van der Waals surface area (Å²) >= 11 is 6.00. The lowest BCUT2D eigenvalue weighted by molar-refractivity contribution is -0.118. The van der Waals surface area contributed by atoms with Crippen molar-refractivity contribution in [2.75, 3.05) is 25.1 Å². The zero-order chi connectivity index (χ0) is 28.0. The Labute approximate surface area is 231 Å². The van der Waals surface area contributed by atoms with E-state index >= 15 is 0 Å². The van der Waals surface area contributed by atoms with Gasteiger partial charge in [0.25, 0.3) is 5.95 Å². The number of primary amides is 1. The van der Waals surface area contributed by atoms with Crippen molar-refractivity contribution in [2.45, 2.75) is 42.9 Å². The molecule has 0 spiro atoms. The van der Waals surface area contributed by atoms with Crippen molar-refractivity contribution in [3.8, 4) is 5.95 Å². The molecule has 210 valence electrons. The number of halogens is 1. The molecule has 15 nitrogen and oxygen atoms in total. The fraction of sp³-hybridized carbons (Fsp3) is 0.417. The van der Waals surface area contributed by atoms with Crippen LogP contribution in [-0.2, 0) is 14.3 Å². The number of carbonyl (C=O) groups excluding carboxylic acids is 1. The van der Waals surface area contributed by atoms with Crippen molar-refractivity contribution >= 4 is 34.5 Å². The van der Waals surface area contributed by atoms with Crippen LogP contribution in [0.4, 0.5) is 5.82 Å². The molecule has 6 N–H and O–H groups in total. The number of ether oxygens (including phenoxy) is 2. The van der Waals surface area contributed by atoms with Gasteiger partial charge in [-0.1, -0.05) is 28.9 Å². The Morgan fingerprint density at radius 1 is 1.23 bits per heavy atom. The molecule has 2 aliphatic heterocycles. The molecule has 0 radical (unpaired) electrons. The largest absolute Gasteiger partial charge is 0.394 e. The van der Waals surface area contributed by atoms with E-state index in [9.17, 15) is 20.1 Å². The topological polar surface area (TPSA) is 209 Å². The standard InChI is InChI=1S/C24H26ClN9O6/c25-12-3-1-11(2-4-12)16(20(26)38)14-7-34(32-31-14)24-29-21(28-13-5-6-39-9-13)17-22(30-24)33(10-27-17)23-19(37)18(36)15(8-35)40-23/h1-4,7,10,13,15-16,18-19,23,35-37H,5-6,8-9H2,(H2,26,38)(H,28,29,30)/t13-,15-,16?,18-,19+,23-/m1/s1. The third-order valence-corrected chi connectivity index (χ3v) is 7.22. The summed E-state index contributed by atoms with van der Waals surface area (Å²) in [5.41, 5.74) is 7.22. The minimum atomic E-state index is -1.35. The molecule has 2 saturated heterocycles. The van der Waals surface area contributed by atoms with Gasteiger partial charge in [-0.2, -0.15) is 14.6 Å². The van der Waals surface area contributed by atoms with Crippen LogP contribution in [-0.4, -0.2) is 99.9 Å². The fourth-order valence-corrected chi connectivity index (χ4v) is 5.01. The number of nitrogens with two attached hydrogens (primary N) is 1. The van der Waals surface area contributed by atoms with Gasteiger partial charge < -0.3 is 35.8 Å². The maximum atomic E-state index is 12.4. The SMILES string of the molecule is NC(=O)C(c1ccc(Cl)cc1)c1cn(-c2nc(N[C@@H]3CCOC3)c3ncn([C@@H]4O[C@H](CO)[C@@H](O)[C@@H]4O)c3n2)nn1. The predicted molar refractivity (Wildman–Crippen MR) is 139 cm³/mol. The highest BCUT2D eigenvalue weighted by molar-refractivity contribution is 6.30. The number of carbonyl (C=O) groups is 1. The maximum Gasteiger partial charge on any atom is 0.256 e. The van der Waals surface area contributed by atoms with E-state index in [1.165, 1.54) is 21.8 Å². The Balaban J connectivity index is 1.42. The first-order chi connectivity index (χ1) is 19.3. The molecule has 1 aromatic carbocycles. The second kappa shape index (κ2) is 10.7. The molecule has 1 unspecified atom stereocenters. The molecule has 1 amide bonds. The van der Waals surface area contributed by atoms with E-state index < -0.39 is 43.0 Å². The number of aliphatic hydroxyl groups excluding tert-OH is 3. The van der Waals surface area contributed by atoms with Gasteiger partial charge in [-0.3, -0.25) is 9.36 Å². The van der Waals surface area contributed by atoms with E-state index in [0.29, 0.717) is 35.1 Å². The summed E-state index contributed by atoms with van der Waals surface area (Å²) < 4.78 is 13.9. The quantitative estimate of drug-likeness (QED) is 0.181. The highest BCUT2D eigenvalue weighted by Crippen LogP contribution is 2.33. The summed E-state index contributed by atoms with van der Waals surface area (Å²) in [4.78, 5) is 26.1. The maximum absolute atomic E-state index is 12.4. The van der Waals surface area contributed by atoms with Crippen LogP contribution in [0.5, 0.6) is 0 Å². The third-order valence-electron chi connectivity index (χ3n) is 6.97. The molecule has 5 heterocycles. The van der Waals surface area contributed by atoms with Crippen molar-refractivity contribution in [2.24, 2.45) is 5.73 Å². The Kier molecular flexibility index (Phi) is 7.07. The molecule has 6 atom stereocenters. The number of imidazole rings is 1. The molecule has 2 fully saturated rings. The molecule has 6 rings (SSSR count). The third kappa shape index (κ3) is 4.76. The van der Waals surface area contributed by atoms with Gasteiger partial charge in [-0.25, -0.2) is 4.98 Å². The number of benzene rings is 1. The average molecular weight is 572 g/mol. The lowest BCUT2D eigenvalue weighted by Crippen LogP contribution is -2.33. The number of anilines is 1. The van der Waals surface area contributed by atoms with Crippen LogP contribution in [0.1, 0.15) is 29.8 Å². The molecule has 0 bridgehead atoms. The van der Waals surface area contributed by atoms with Crippen molar-refractivity contribution in [1.29, 1.82) is 0 Å². The number of amides is 1. The van der Waals surface area contributed by atoms with Crippen LogP contribution in [0.15, 0.2) is 36.8 Å². The van der Waals surface area contributed by atoms with Crippen molar-refractivity contribution < 1.29 is 29.6 Å². The highest BCUT2D eigenvalue weighted by atomic mass is 35.5. The van der Waals surface area contributed by atoms with E-state index in [1.807, 2.05) is 0 Å². The van der Waals surface area contributed by atoms with Gasteiger partial charge in [-0.15, -0.1) is 5.10 Å². The zero-order valence-electron chi connectivity index (χ0n) is 20.9. The van der Waals surface area contributed by atoms with Gasteiger partial charge in [0.15, 0.2) is 23.2 Å². The van der Waals surface area contributed by atoms with Gasteiger partial charge in [-0.05, 0) is 24.1 Å². The van der Waals surface area contributed by atoms with Crippen molar-refractivity contribution in [1.82, 2.24) is 34.5 Å². The lowest BCUT2D eigenvalue weighted by Gasteiger charge is -2.17. The second-order valence-electron chi connectivity index (χ2n) is 9.60. The molecular formula is C24H26ClN9O6. The Morgan fingerprint density at radius 2 is 2.02 bits per heavy atom.